The van der Waals surface area contributed by atoms with Crippen LogP contribution >= 0.6 is 23.8 Å². The summed E-state index contributed by atoms with van der Waals surface area (Å²) in [5.41, 5.74) is 6.34. The number of benzene rings is 1. The van der Waals surface area contributed by atoms with Crippen LogP contribution < -0.4 is 16.2 Å². The van der Waals surface area contributed by atoms with Crippen LogP contribution in [-0.2, 0) is 11.3 Å². The van der Waals surface area contributed by atoms with E-state index >= 15 is 0 Å². The maximum atomic E-state index is 13.1. The first-order chi connectivity index (χ1) is 12.3. The molecular weight excluding hydrogens is 375 g/mol. The van der Waals surface area contributed by atoms with E-state index in [-0.39, 0.29) is 17.6 Å². The van der Waals surface area contributed by atoms with Crippen molar-refractivity contribution in [3.05, 3.63) is 34.6 Å². The van der Waals surface area contributed by atoms with Crippen LogP contribution in [0.5, 0.6) is 0 Å². The van der Waals surface area contributed by atoms with Gasteiger partial charge in [0.2, 0.25) is 5.91 Å². The highest BCUT2D eigenvalue weighted by Gasteiger charge is 2.25. The molecule has 8 heteroatoms. The predicted octanol–water partition coefficient (Wildman–Crippen LogP) is 2.84. The molecule has 1 aromatic carbocycles. The molecule has 0 atom stereocenters. The average molecular weight is 401 g/mol. The van der Waals surface area contributed by atoms with E-state index in [4.69, 9.17) is 23.8 Å². The van der Waals surface area contributed by atoms with Gasteiger partial charge in [0.25, 0.3) is 0 Å². The molecule has 0 radical (unpaired) electrons. The number of carbonyl (C=O) groups is 1. The van der Waals surface area contributed by atoms with Crippen molar-refractivity contribution in [2.45, 2.75) is 33.2 Å². The lowest BCUT2D eigenvalue weighted by molar-refractivity contribution is -0.127. The molecule has 5 nitrogen and oxygen atoms in total. The van der Waals surface area contributed by atoms with E-state index in [1.54, 1.807) is 6.07 Å². The minimum atomic E-state index is -0.331. The summed E-state index contributed by atoms with van der Waals surface area (Å²) in [5.74, 6) is 0.0558. The summed E-state index contributed by atoms with van der Waals surface area (Å²) in [6.45, 7) is 7.17. The number of piperidine rings is 1. The number of halogens is 2. The van der Waals surface area contributed by atoms with Crippen LogP contribution in [0.1, 0.15) is 32.3 Å². The number of nitrogens with zero attached hydrogens (tertiary/aromatic N) is 1. The zero-order chi connectivity index (χ0) is 19.1. The van der Waals surface area contributed by atoms with Gasteiger partial charge in [0.1, 0.15) is 5.82 Å². The standard InChI is InChI=1S/C18H26ClFN4OS/c1-12(2)10-21-18(26)23-22-17(25)13-5-7-24(8-6-13)11-14-3-4-15(20)9-16(14)19/h3-4,9,12-13H,5-8,10-11H2,1-2H3,(H,22,25)(H2,21,23,26). The van der Waals surface area contributed by atoms with Gasteiger partial charge >= 0.3 is 0 Å². The number of carbonyl (C=O) groups excluding carboxylic acids is 1. The zero-order valence-corrected chi connectivity index (χ0v) is 16.7. The van der Waals surface area contributed by atoms with Crippen LogP contribution in [0.15, 0.2) is 18.2 Å². The van der Waals surface area contributed by atoms with Crippen LogP contribution in [0.25, 0.3) is 0 Å². The van der Waals surface area contributed by atoms with Crippen LogP contribution in [0, 0.1) is 17.7 Å². The SMILES string of the molecule is CC(C)CNC(=S)NNC(=O)C1CCN(Cc2ccc(F)cc2Cl)CC1. The van der Waals surface area contributed by atoms with Crippen molar-refractivity contribution in [1.29, 1.82) is 0 Å². The first-order valence-corrected chi connectivity index (χ1v) is 9.63. The van der Waals surface area contributed by atoms with Crippen molar-refractivity contribution >= 4 is 34.8 Å². The monoisotopic (exact) mass is 400 g/mol. The first-order valence-electron chi connectivity index (χ1n) is 8.85. The fraction of sp³-hybridized carbons (Fsp3) is 0.556. The summed E-state index contributed by atoms with van der Waals surface area (Å²) in [4.78, 5) is 14.5. The molecule has 0 unspecified atom stereocenters. The molecule has 26 heavy (non-hydrogen) atoms. The summed E-state index contributed by atoms with van der Waals surface area (Å²) in [5, 5.41) is 3.91. The number of nitrogens with one attached hydrogen (secondary N) is 3. The van der Waals surface area contributed by atoms with Crippen LogP contribution in [-0.4, -0.2) is 35.6 Å². The minimum Gasteiger partial charge on any atom is -0.361 e. The topological polar surface area (TPSA) is 56.4 Å². The highest BCUT2D eigenvalue weighted by Crippen LogP contribution is 2.23. The molecule has 1 aliphatic rings. The summed E-state index contributed by atoms with van der Waals surface area (Å²) >= 11 is 11.2. The van der Waals surface area contributed by atoms with E-state index in [0.717, 1.165) is 38.0 Å². The molecule has 144 valence electrons. The molecular formula is C18H26ClFN4OS. The van der Waals surface area contributed by atoms with Gasteiger partial charge in [0.15, 0.2) is 5.11 Å². The van der Waals surface area contributed by atoms with E-state index in [2.05, 4.69) is 34.9 Å². The Morgan fingerprint density at radius 1 is 1.35 bits per heavy atom. The Kier molecular flexibility index (Phi) is 8.06. The third-order valence-electron chi connectivity index (χ3n) is 4.34. The number of rotatable bonds is 5. The maximum absolute atomic E-state index is 13.1. The molecule has 1 heterocycles. The number of hydrogen-bond donors (Lipinski definition) is 3. The van der Waals surface area contributed by atoms with E-state index in [1.807, 2.05) is 0 Å². The quantitative estimate of drug-likeness (QED) is 0.524. The first kappa shape index (κ1) is 20.9. The van der Waals surface area contributed by atoms with Gasteiger partial charge in [-0.2, -0.15) is 0 Å². The summed E-state index contributed by atoms with van der Waals surface area (Å²) in [6.07, 6.45) is 1.52. The zero-order valence-electron chi connectivity index (χ0n) is 15.1. The van der Waals surface area contributed by atoms with Gasteiger partial charge in [0, 0.05) is 24.0 Å². The molecule has 1 fully saturated rings. The molecule has 0 saturated carbocycles. The molecule has 1 aliphatic heterocycles. The van der Waals surface area contributed by atoms with Gasteiger partial charge in [0.05, 0.1) is 0 Å². The average Bonchev–Trinajstić information content (AvgIpc) is 2.61. The van der Waals surface area contributed by atoms with Crippen molar-refractivity contribution in [2.75, 3.05) is 19.6 Å². The van der Waals surface area contributed by atoms with Crippen LogP contribution in [0.3, 0.4) is 0 Å². The minimum absolute atomic E-state index is 0.0434. The Morgan fingerprint density at radius 2 is 2.04 bits per heavy atom. The molecule has 0 aliphatic carbocycles. The smallest absolute Gasteiger partial charge is 0.241 e. The van der Waals surface area contributed by atoms with Crippen molar-refractivity contribution in [1.82, 2.24) is 21.1 Å². The van der Waals surface area contributed by atoms with E-state index in [9.17, 15) is 9.18 Å². The van der Waals surface area contributed by atoms with Crippen molar-refractivity contribution in [3.63, 3.8) is 0 Å². The molecule has 1 amide bonds. The third kappa shape index (κ3) is 6.70. The summed E-state index contributed by atoms with van der Waals surface area (Å²) < 4.78 is 13.1. The Bertz CT molecular complexity index is 636. The molecule has 0 aromatic heterocycles. The van der Waals surface area contributed by atoms with E-state index < -0.39 is 0 Å². The number of hydrogen-bond acceptors (Lipinski definition) is 3. The second kappa shape index (κ2) is 10.0. The number of likely N-dealkylation sites (tertiary alicyclic amines) is 1. The molecule has 1 aromatic rings. The van der Waals surface area contributed by atoms with Crippen LogP contribution in [0.2, 0.25) is 5.02 Å². The third-order valence-corrected chi connectivity index (χ3v) is 4.94. The largest absolute Gasteiger partial charge is 0.361 e. The van der Waals surface area contributed by atoms with E-state index in [1.165, 1.54) is 12.1 Å². The molecule has 0 bridgehead atoms. The Labute approximate surface area is 164 Å². The highest BCUT2D eigenvalue weighted by atomic mass is 35.5. The van der Waals surface area contributed by atoms with Gasteiger partial charge in [-0.05, 0) is 61.8 Å². The maximum Gasteiger partial charge on any atom is 0.241 e. The Balaban J connectivity index is 1.72. The lowest BCUT2D eigenvalue weighted by Crippen LogP contribution is -2.50. The van der Waals surface area contributed by atoms with Crippen molar-refractivity contribution < 1.29 is 9.18 Å². The Hall–Kier alpha value is -1.44. The van der Waals surface area contributed by atoms with Gasteiger partial charge in [-0.25, -0.2) is 4.39 Å². The molecule has 3 N–H and O–H groups in total. The van der Waals surface area contributed by atoms with E-state index in [0.29, 0.717) is 22.6 Å². The lowest BCUT2D eigenvalue weighted by Gasteiger charge is -2.31. The summed E-state index contributed by atoms with van der Waals surface area (Å²) in [7, 11) is 0. The molecule has 0 spiro atoms. The number of hydrazine groups is 1. The summed E-state index contributed by atoms with van der Waals surface area (Å²) in [6, 6.07) is 4.47. The molecule has 1 saturated heterocycles. The number of thiocarbonyl (C=S) groups is 1. The lowest BCUT2D eigenvalue weighted by atomic mass is 9.96. The van der Waals surface area contributed by atoms with Crippen molar-refractivity contribution in [3.8, 4) is 0 Å². The second-order valence-electron chi connectivity index (χ2n) is 7.00. The van der Waals surface area contributed by atoms with Gasteiger partial charge in [-0.15, -0.1) is 0 Å². The Morgan fingerprint density at radius 3 is 2.65 bits per heavy atom. The normalized spacial score (nSPS) is 15.7. The van der Waals surface area contributed by atoms with Gasteiger partial charge in [-0.1, -0.05) is 31.5 Å². The van der Waals surface area contributed by atoms with Crippen molar-refractivity contribution in [2.24, 2.45) is 11.8 Å². The van der Waals surface area contributed by atoms with Gasteiger partial charge in [-0.3, -0.25) is 20.5 Å². The van der Waals surface area contributed by atoms with Gasteiger partial charge < -0.3 is 5.32 Å². The predicted molar refractivity (Wildman–Crippen MR) is 106 cm³/mol. The fourth-order valence-electron chi connectivity index (χ4n) is 2.81. The second-order valence-corrected chi connectivity index (χ2v) is 7.82. The van der Waals surface area contributed by atoms with Crippen LogP contribution in [0.4, 0.5) is 4.39 Å². The fourth-order valence-corrected chi connectivity index (χ4v) is 3.17. The highest BCUT2D eigenvalue weighted by molar-refractivity contribution is 7.80. The number of amides is 1. The molecule has 2 rings (SSSR count).